The second kappa shape index (κ2) is 8.18. The average molecular weight is 397 g/mol. The van der Waals surface area contributed by atoms with E-state index < -0.39 is 17.6 Å². The second-order valence-electron chi connectivity index (χ2n) is 6.54. The van der Waals surface area contributed by atoms with E-state index in [-0.39, 0.29) is 30.0 Å². The third-order valence-corrected chi connectivity index (χ3v) is 4.54. The molecule has 4 nitrogen and oxygen atoms in total. The summed E-state index contributed by atoms with van der Waals surface area (Å²) < 4.78 is 61.9. The van der Waals surface area contributed by atoms with Crippen LogP contribution < -0.4 is 10.1 Å². The van der Waals surface area contributed by atoms with Crippen molar-refractivity contribution in [3.05, 3.63) is 59.4 Å². The summed E-state index contributed by atoms with van der Waals surface area (Å²) >= 11 is 0. The van der Waals surface area contributed by atoms with Crippen molar-refractivity contribution < 1.29 is 31.8 Å². The van der Waals surface area contributed by atoms with Crippen LogP contribution in [0.15, 0.2) is 42.5 Å². The standard InChI is InChI=1S/C20H19F4NO3/c1-27-8-9-28-18-7-6-14(21)10-17(18)25-19(26)16-11-15(16)12-2-4-13(5-3-12)20(22,23)24/h2-7,10,15-16H,8-9,11H2,1H3,(H,25,26). The van der Waals surface area contributed by atoms with E-state index in [0.717, 1.165) is 18.2 Å². The molecule has 0 aromatic heterocycles. The van der Waals surface area contributed by atoms with E-state index in [0.29, 0.717) is 24.3 Å². The van der Waals surface area contributed by atoms with Crippen LogP contribution in [0.1, 0.15) is 23.5 Å². The number of anilines is 1. The number of nitrogens with one attached hydrogen (secondary N) is 1. The lowest BCUT2D eigenvalue weighted by atomic mass is 10.1. The van der Waals surface area contributed by atoms with E-state index in [1.54, 1.807) is 0 Å². The summed E-state index contributed by atoms with van der Waals surface area (Å²) in [7, 11) is 1.52. The smallest absolute Gasteiger partial charge is 0.416 e. The number of rotatable bonds is 7. The summed E-state index contributed by atoms with van der Waals surface area (Å²) in [4.78, 5) is 12.5. The Balaban J connectivity index is 1.64. The van der Waals surface area contributed by atoms with Crippen LogP contribution in [0.4, 0.5) is 23.2 Å². The van der Waals surface area contributed by atoms with Crippen LogP contribution in [0.3, 0.4) is 0 Å². The first-order valence-electron chi connectivity index (χ1n) is 8.69. The van der Waals surface area contributed by atoms with E-state index in [9.17, 15) is 22.4 Å². The predicted octanol–water partition coefficient (Wildman–Crippen LogP) is 4.61. The Morgan fingerprint density at radius 3 is 2.50 bits per heavy atom. The van der Waals surface area contributed by atoms with Gasteiger partial charge in [-0.1, -0.05) is 12.1 Å². The van der Waals surface area contributed by atoms with Crippen LogP contribution in [-0.2, 0) is 15.7 Å². The molecule has 3 rings (SSSR count). The van der Waals surface area contributed by atoms with Crippen molar-refractivity contribution in [2.24, 2.45) is 5.92 Å². The van der Waals surface area contributed by atoms with Crippen molar-refractivity contribution in [3.63, 3.8) is 0 Å². The average Bonchev–Trinajstić information content (AvgIpc) is 3.44. The number of alkyl halides is 3. The fourth-order valence-electron chi connectivity index (χ4n) is 2.96. The van der Waals surface area contributed by atoms with Crippen molar-refractivity contribution in [1.82, 2.24) is 0 Å². The number of carbonyl (C=O) groups is 1. The van der Waals surface area contributed by atoms with Gasteiger partial charge in [0.05, 0.1) is 17.9 Å². The first-order chi connectivity index (χ1) is 13.3. The van der Waals surface area contributed by atoms with Crippen LogP contribution in [0, 0.1) is 11.7 Å². The predicted molar refractivity (Wildman–Crippen MR) is 94.7 cm³/mol. The molecule has 1 saturated carbocycles. The highest BCUT2D eigenvalue weighted by atomic mass is 19.4. The Hall–Kier alpha value is -2.61. The minimum absolute atomic E-state index is 0.159. The SMILES string of the molecule is COCCOc1ccc(F)cc1NC(=O)C1CC1c1ccc(C(F)(F)F)cc1. The van der Waals surface area contributed by atoms with Crippen LogP contribution in [0.5, 0.6) is 5.75 Å². The van der Waals surface area contributed by atoms with Crippen LogP contribution in [-0.4, -0.2) is 26.2 Å². The molecular weight excluding hydrogens is 378 g/mol. The number of halogens is 4. The molecule has 1 aliphatic carbocycles. The molecule has 150 valence electrons. The third-order valence-electron chi connectivity index (χ3n) is 4.54. The Bertz CT molecular complexity index is 836. The number of ether oxygens (including phenoxy) is 2. The first-order valence-corrected chi connectivity index (χ1v) is 8.69. The lowest BCUT2D eigenvalue weighted by molar-refractivity contribution is -0.137. The van der Waals surface area contributed by atoms with E-state index in [2.05, 4.69) is 5.32 Å². The van der Waals surface area contributed by atoms with E-state index in [1.807, 2.05) is 0 Å². The molecule has 2 atom stereocenters. The van der Waals surface area contributed by atoms with E-state index >= 15 is 0 Å². The van der Waals surface area contributed by atoms with Gasteiger partial charge in [-0.15, -0.1) is 0 Å². The van der Waals surface area contributed by atoms with E-state index in [4.69, 9.17) is 9.47 Å². The fourth-order valence-corrected chi connectivity index (χ4v) is 2.96. The zero-order valence-corrected chi connectivity index (χ0v) is 15.1. The number of hydrogen-bond acceptors (Lipinski definition) is 3. The van der Waals surface area contributed by atoms with Crippen LogP contribution >= 0.6 is 0 Å². The summed E-state index contributed by atoms with van der Waals surface area (Å²) in [6.45, 7) is 0.575. The molecule has 2 aromatic rings. The number of carbonyl (C=O) groups excluding carboxylic acids is 1. The number of hydrogen-bond donors (Lipinski definition) is 1. The van der Waals surface area contributed by atoms with Crippen LogP contribution in [0.25, 0.3) is 0 Å². The van der Waals surface area contributed by atoms with Crippen molar-refractivity contribution in [3.8, 4) is 5.75 Å². The zero-order valence-electron chi connectivity index (χ0n) is 15.1. The first kappa shape index (κ1) is 20.1. The molecule has 28 heavy (non-hydrogen) atoms. The molecule has 1 amide bonds. The topological polar surface area (TPSA) is 47.6 Å². The number of amides is 1. The summed E-state index contributed by atoms with van der Waals surface area (Å²) in [5.74, 6) is -1.07. The lowest BCUT2D eigenvalue weighted by Crippen LogP contribution is -2.16. The molecule has 1 fully saturated rings. The van der Waals surface area contributed by atoms with Gasteiger partial charge in [0.2, 0.25) is 5.91 Å². The van der Waals surface area contributed by atoms with Gasteiger partial charge in [0.1, 0.15) is 18.2 Å². The number of methoxy groups -OCH3 is 1. The molecule has 0 aliphatic heterocycles. The molecule has 2 unspecified atom stereocenters. The van der Waals surface area contributed by atoms with Gasteiger partial charge in [0, 0.05) is 19.1 Å². The molecule has 2 aromatic carbocycles. The van der Waals surface area contributed by atoms with Gasteiger partial charge in [0.25, 0.3) is 0 Å². The molecule has 1 aliphatic rings. The van der Waals surface area contributed by atoms with Gasteiger partial charge < -0.3 is 14.8 Å². The van der Waals surface area contributed by atoms with Gasteiger partial charge in [0.15, 0.2) is 0 Å². The maximum atomic E-state index is 13.6. The van der Waals surface area contributed by atoms with Crippen molar-refractivity contribution in [2.75, 3.05) is 25.6 Å². The normalized spacial score (nSPS) is 18.6. The maximum absolute atomic E-state index is 13.6. The van der Waals surface area contributed by atoms with Gasteiger partial charge in [-0.3, -0.25) is 4.79 Å². The highest BCUT2D eigenvalue weighted by Gasteiger charge is 2.44. The highest BCUT2D eigenvalue weighted by Crippen LogP contribution is 2.48. The largest absolute Gasteiger partial charge is 0.489 e. The second-order valence-corrected chi connectivity index (χ2v) is 6.54. The Morgan fingerprint density at radius 2 is 1.86 bits per heavy atom. The van der Waals surface area contributed by atoms with Crippen molar-refractivity contribution in [2.45, 2.75) is 18.5 Å². The minimum Gasteiger partial charge on any atom is -0.489 e. The third kappa shape index (κ3) is 4.81. The van der Waals surface area contributed by atoms with Gasteiger partial charge in [-0.2, -0.15) is 13.2 Å². The quantitative estimate of drug-likeness (QED) is 0.548. The maximum Gasteiger partial charge on any atom is 0.416 e. The molecule has 0 bridgehead atoms. The van der Waals surface area contributed by atoms with Gasteiger partial charge >= 0.3 is 6.18 Å². The Morgan fingerprint density at radius 1 is 1.14 bits per heavy atom. The van der Waals surface area contributed by atoms with Gasteiger partial charge in [-0.25, -0.2) is 4.39 Å². The van der Waals surface area contributed by atoms with Crippen LogP contribution in [0.2, 0.25) is 0 Å². The molecule has 0 spiro atoms. The number of benzene rings is 2. The molecule has 1 N–H and O–H groups in total. The summed E-state index contributed by atoms with van der Waals surface area (Å²) in [6, 6.07) is 8.61. The zero-order chi connectivity index (χ0) is 20.3. The fraction of sp³-hybridized carbons (Fsp3) is 0.350. The summed E-state index contributed by atoms with van der Waals surface area (Å²) in [5.41, 5.74) is 0.152. The molecular formula is C20H19F4NO3. The monoisotopic (exact) mass is 397 g/mol. The Kier molecular flexibility index (Phi) is 5.88. The molecule has 0 heterocycles. The lowest BCUT2D eigenvalue weighted by Gasteiger charge is -2.13. The minimum atomic E-state index is -4.39. The van der Waals surface area contributed by atoms with Crippen molar-refractivity contribution in [1.29, 1.82) is 0 Å². The molecule has 8 heteroatoms. The van der Waals surface area contributed by atoms with E-state index in [1.165, 1.54) is 31.4 Å². The van der Waals surface area contributed by atoms with Gasteiger partial charge in [-0.05, 0) is 42.2 Å². The molecule has 0 saturated heterocycles. The Labute approximate surface area is 159 Å². The molecule has 0 radical (unpaired) electrons. The summed E-state index contributed by atoms with van der Waals surface area (Å²) in [5, 5.41) is 2.65. The summed E-state index contributed by atoms with van der Waals surface area (Å²) in [6.07, 6.45) is -3.87. The van der Waals surface area contributed by atoms with Crippen molar-refractivity contribution >= 4 is 11.6 Å². The highest BCUT2D eigenvalue weighted by molar-refractivity contribution is 5.96.